The van der Waals surface area contributed by atoms with E-state index in [-0.39, 0.29) is 0 Å². The van der Waals surface area contributed by atoms with Crippen LogP contribution >= 0.6 is 15.9 Å². The number of fused-ring (bicyclic) bond motifs is 1. The molecule has 1 aliphatic heterocycles. The van der Waals surface area contributed by atoms with Crippen LogP contribution in [0.2, 0.25) is 0 Å². The van der Waals surface area contributed by atoms with E-state index in [2.05, 4.69) is 65.4 Å². The summed E-state index contributed by atoms with van der Waals surface area (Å²) in [7, 11) is 0. The maximum Gasteiger partial charge on any atom is 0.231 e. The highest BCUT2D eigenvalue weighted by Gasteiger charge is 2.18. The first kappa shape index (κ1) is 14.4. The number of halogens is 1. The fraction of sp³-hybridized carbons (Fsp3) is 0.294. The Labute approximate surface area is 133 Å². The van der Waals surface area contributed by atoms with E-state index >= 15 is 0 Å². The van der Waals surface area contributed by atoms with Crippen molar-refractivity contribution in [2.45, 2.75) is 26.4 Å². The van der Waals surface area contributed by atoms with Gasteiger partial charge in [-0.05, 0) is 58.6 Å². The molecule has 1 unspecified atom stereocenters. The summed E-state index contributed by atoms with van der Waals surface area (Å²) in [6.07, 6.45) is 0. The minimum Gasteiger partial charge on any atom is -0.454 e. The van der Waals surface area contributed by atoms with Crippen molar-refractivity contribution in [3.63, 3.8) is 0 Å². The molecule has 1 aliphatic rings. The van der Waals surface area contributed by atoms with Gasteiger partial charge in [-0.1, -0.05) is 24.3 Å². The van der Waals surface area contributed by atoms with Crippen LogP contribution in [0.4, 0.5) is 0 Å². The van der Waals surface area contributed by atoms with Crippen molar-refractivity contribution in [3.8, 4) is 11.5 Å². The van der Waals surface area contributed by atoms with Gasteiger partial charge in [-0.3, -0.25) is 0 Å². The zero-order valence-corrected chi connectivity index (χ0v) is 13.7. The van der Waals surface area contributed by atoms with Crippen molar-refractivity contribution in [3.05, 3.63) is 57.6 Å². The maximum atomic E-state index is 5.45. The summed E-state index contributed by atoms with van der Waals surface area (Å²) in [5.41, 5.74) is 3.81. The van der Waals surface area contributed by atoms with Crippen LogP contribution in [0.5, 0.6) is 11.5 Å². The Kier molecular flexibility index (Phi) is 4.17. The first-order valence-corrected chi connectivity index (χ1v) is 7.81. The molecule has 0 radical (unpaired) electrons. The molecule has 2 aromatic carbocycles. The fourth-order valence-electron chi connectivity index (χ4n) is 2.58. The molecule has 110 valence electrons. The van der Waals surface area contributed by atoms with Gasteiger partial charge in [0.15, 0.2) is 11.5 Å². The third-order valence-electron chi connectivity index (χ3n) is 3.75. The Morgan fingerprint density at radius 1 is 1.24 bits per heavy atom. The first-order chi connectivity index (χ1) is 10.1. The third kappa shape index (κ3) is 3.06. The summed E-state index contributed by atoms with van der Waals surface area (Å²) in [5, 5.41) is 3.56. The second-order valence-electron chi connectivity index (χ2n) is 5.27. The predicted octanol–water partition coefficient (Wildman–Crippen LogP) is 4.34. The Morgan fingerprint density at radius 3 is 2.86 bits per heavy atom. The lowest BCUT2D eigenvalue weighted by Crippen LogP contribution is -2.18. The Morgan fingerprint density at radius 2 is 2.05 bits per heavy atom. The number of hydrogen-bond acceptors (Lipinski definition) is 3. The van der Waals surface area contributed by atoms with Crippen molar-refractivity contribution >= 4 is 15.9 Å². The summed E-state index contributed by atoms with van der Waals surface area (Å²) in [4.78, 5) is 0. The highest BCUT2D eigenvalue weighted by Crippen LogP contribution is 2.40. The third-order valence-corrected chi connectivity index (χ3v) is 4.34. The Bertz CT molecular complexity index is 657. The van der Waals surface area contributed by atoms with E-state index in [1.54, 1.807) is 0 Å². The molecule has 0 bridgehead atoms. The van der Waals surface area contributed by atoms with E-state index in [4.69, 9.17) is 9.47 Å². The van der Waals surface area contributed by atoms with E-state index in [0.717, 1.165) is 22.5 Å². The second kappa shape index (κ2) is 6.08. The quantitative estimate of drug-likeness (QED) is 0.892. The highest BCUT2D eigenvalue weighted by molar-refractivity contribution is 9.10. The molecule has 0 saturated heterocycles. The second-order valence-corrected chi connectivity index (χ2v) is 6.12. The lowest BCUT2D eigenvalue weighted by atomic mass is 10.0. The molecule has 1 N–H and O–H groups in total. The summed E-state index contributed by atoms with van der Waals surface area (Å²) < 4.78 is 11.8. The van der Waals surface area contributed by atoms with Gasteiger partial charge >= 0.3 is 0 Å². The van der Waals surface area contributed by atoms with Gasteiger partial charge in [0.1, 0.15) is 0 Å². The topological polar surface area (TPSA) is 30.5 Å². The van der Waals surface area contributed by atoms with Gasteiger partial charge in [-0.15, -0.1) is 0 Å². The van der Waals surface area contributed by atoms with Crippen LogP contribution in [-0.2, 0) is 6.54 Å². The lowest BCUT2D eigenvalue weighted by molar-refractivity contribution is 0.173. The zero-order valence-electron chi connectivity index (χ0n) is 12.2. The SMILES string of the molecule is Cc1ccccc1C(C)NCc1cc(Br)c2c(c1)OCO2. The molecule has 3 nitrogen and oxygen atoms in total. The van der Waals surface area contributed by atoms with Crippen LogP contribution in [0.25, 0.3) is 0 Å². The van der Waals surface area contributed by atoms with Gasteiger partial charge in [-0.2, -0.15) is 0 Å². The average Bonchev–Trinajstić information content (AvgIpc) is 2.94. The molecule has 4 heteroatoms. The molecule has 21 heavy (non-hydrogen) atoms. The van der Waals surface area contributed by atoms with E-state index in [1.807, 2.05) is 6.07 Å². The van der Waals surface area contributed by atoms with E-state index in [1.165, 1.54) is 16.7 Å². The fourth-order valence-corrected chi connectivity index (χ4v) is 3.18. The van der Waals surface area contributed by atoms with Crippen LogP contribution in [0.1, 0.15) is 29.7 Å². The van der Waals surface area contributed by atoms with Crippen molar-refractivity contribution in [2.24, 2.45) is 0 Å². The summed E-state index contributed by atoms with van der Waals surface area (Å²) >= 11 is 3.53. The van der Waals surface area contributed by atoms with E-state index < -0.39 is 0 Å². The molecular weight excluding hydrogens is 330 g/mol. The largest absolute Gasteiger partial charge is 0.454 e. The van der Waals surface area contributed by atoms with Crippen molar-refractivity contribution < 1.29 is 9.47 Å². The van der Waals surface area contributed by atoms with Gasteiger partial charge in [0.25, 0.3) is 0 Å². The molecule has 0 spiro atoms. The molecule has 0 amide bonds. The minimum absolute atomic E-state index is 0.296. The van der Waals surface area contributed by atoms with Crippen LogP contribution in [0.3, 0.4) is 0 Å². The maximum absolute atomic E-state index is 5.45. The molecule has 0 aliphatic carbocycles. The molecule has 3 rings (SSSR count). The number of aryl methyl sites for hydroxylation is 1. The molecule has 2 aromatic rings. The lowest BCUT2D eigenvalue weighted by Gasteiger charge is -2.17. The predicted molar refractivity (Wildman–Crippen MR) is 86.7 cm³/mol. The molecule has 0 fully saturated rings. The van der Waals surface area contributed by atoms with Gasteiger partial charge in [-0.25, -0.2) is 0 Å². The van der Waals surface area contributed by atoms with E-state index in [9.17, 15) is 0 Å². The van der Waals surface area contributed by atoms with Crippen LogP contribution < -0.4 is 14.8 Å². The summed E-state index contributed by atoms with van der Waals surface area (Å²) in [5.74, 6) is 1.61. The van der Waals surface area contributed by atoms with Crippen LogP contribution in [0.15, 0.2) is 40.9 Å². The molecular formula is C17H18BrNO2. The highest BCUT2D eigenvalue weighted by atomic mass is 79.9. The standard InChI is InChI=1S/C17H18BrNO2/c1-11-5-3-4-6-14(11)12(2)19-9-13-7-15(18)17-16(8-13)20-10-21-17/h3-8,12,19H,9-10H2,1-2H3. The summed E-state index contributed by atoms with van der Waals surface area (Å²) in [6, 6.07) is 12.9. The van der Waals surface area contributed by atoms with Crippen molar-refractivity contribution in [1.82, 2.24) is 5.32 Å². The molecule has 0 aromatic heterocycles. The number of hydrogen-bond donors (Lipinski definition) is 1. The average molecular weight is 348 g/mol. The zero-order chi connectivity index (χ0) is 14.8. The number of ether oxygens (including phenoxy) is 2. The molecule has 1 heterocycles. The van der Waals surface area contributed by atoms with Crippen LogP contribution in [0, 0.1) is 6.92 Å². The molecule has 0 saturated carbocycles. The van der Waals surface area contributed by atoms with Gasteiger partial charge in [0.2, 0.25) is 6.79 Å². The van der Waals surface area contributed by atoms with Crippen LogP contribution in [-0.4, -0.2) is 6.79 Å². The van der Waals surface area contributed by atoms with Gasteiger partial charge < -0.3 is 14.8 Å². The minimum atomic E-state index is 0.296. The van der Waals surface area contributed by atoms with Crippen molar-refractivity contribution in [1.29, 1.82) is 0 Å². The van der Waals surface area contributed by atoms with E-state index in [0.29, 0.717) is 12.8 Å². The first-order valence-electron chi connectivity index (χ1n) is 7.02. The van der Waals surface area contributed by atoms with Gasteiger partial charge in [0, 0.05) is 12.6 Å². The normalized spacial score (nSPS) is 14.2. The number of rotatable bonds is 4. The smallest absolute Gasteiger partial charge is 0.231 e. The molecule has 1 atom stereocenters. The Hall–Kier alpha value is -1.52. The number of benzene rings is 2. The van der Waals surface area contributed by atoms with Gasteiger partial charge in [0.05, 0.1) is 4.47 Å². The number of nitrogens with one attached hydrogen (secondary N) is 1. The summed E-state index contributed by atoms with van der Waals surface area (Å²) in [6.45, 7) is 5.41. The van der Waals surface area contributed by atoms with Crippen molar-refractivity contribution in [2.75, 3.05) is 6.79 Å². The monoisotopic (exact) mass is 347 g/mol. The Balaban J connectivity index is 1.71.